The van der Waals surface area contributed by atoms with E-state index in [1.807, 2.05) is 13.8 Å². The van der Waals surface area contributed by atoms with Crippen molar-refractivity contribution in [2.75, 3.05) is 19.7 Å². The smallest absolute Gasteiger partial charge is 0.328 e. The SMILES string of the molecule is CC(C)C[C@H](NC(=O)[C@@H](N)CCCN=C(N)N)C(=O)N[C@@H](CCCN=C(N)N)C(=O)N[C@@H](CO)C(=O)O. The summed E-state index contributed by atoms with van der Waals surface area (Å²) in [6.07, 6.45) is 1.29. The number of nitrogens with two attached hydrogens (primary N) is 5. The van der Waals surface area contributed by atoms with Crippen LogP contribution in [0.15, 0.2) is 9.98 Å². The Morgan fingerprint density at radius 2 is 1.22 bits per heavy atom. The third-order valence-electron chi connectivity index (χ3n) is 5.02. The normalized spacial score (nSPS) is 14.0. The standard InChI is InChI=1S/C21H42N10O6/c1-11(2)9-14(30-16(33)12(22)5-3-7-27-20(23)24)18(35)29-13(6-4-8-28-21(25)26)17(34)31-15(10-32)19(36)37/h11-15,32H,3-10,22H2,1-2H3,(H,29,35)(H,30,33)(H,31,34)(H,36,37)(H4,23,24,27)(H4,25,26,28)/t12-,13-,14-,15-/m0/s1. The van der Waals surface area contributed by atoms with E-state index in [0.717, 1.165) is 0 Å². The molecule has 16 heteroatoms. The number of aliphatic carboxylic acids is 1. The molecule has 0 saturated heterocycles. The van der Waals surface area contributed by atoms with Gasteiger partial charge < -0.3 is 54.8 Å². The van der Waals surface area contributed by atoms with Gasteiger partial charge in [-0.25, -0.2) is 4.79 Å². The van der Waals surface area contributed by atoms with Crippen molar-refractivity contribution in [3.8, 4) is 0 Å². The molecule has 0 fully saturated rings. The van der Waals surface area contributed by atoms with Crippen molar-refractivity contribution in [1.29, 1.82) is 0 Å². The molecule has 0 unspecified atom stereocenters. The summed E-state index contributed by atoms with van der Waals surface area (Å²) in [6.45, 7) is 3.30. The Hall–Kier alpha value is -3.66. The van der Waals surface area contributed by atoms with Gasteiger partial charge in [0.1, 0.15) is 18.1 Å². The summed E-state index contributed by atoms with van der Waals surface area (Å²) in [5.74, 6) is -3.72. The number of carbonyl (C=O) groups is 4. The monoisotopic (exact) mass is 530 g/mol. The van der Waals surface area contributed by atoms with Gasteiger partial charge in [-0.2, -0.15) is 0 Å². The number of guanidine groups is 2. The molecule has 0 heterocycles. The first-order chi connectivity index (χ1) is 17.3. The fourth-order valence-electron chi connectivity index (χ4n) is 3.13. The summed E-state index contributed by atoms with van der Waals surface area (Å²) < 4.78 is 0. The molecule has 15 N–H and O–H groups in total. The molecule has 0 aromatic carbocycles. The average Bonchev–Trinajstić information content (AvgIpc) is 2.80. The van der Waals surface area contributed by atoms with E-state index in [4.69, 9.17) is 33.8 Å². The van der Waals surface area contributed by atoms with E-state index >= 15 is 0 Å². The maximum Gasteiger partial charge on any atom is 0.328 e. The molecule has 0 radical (unpaired) electrons. The van der Waals surface area contributed by atoms with Crippen molar-refractivity contribution in [3.63, 3.8) is 0 Å². The van der Waals surface area contributed by atoms with Crippen LogP contribution in [0.4, 0.5) is 0 Å². The first kappa shape index (κ1) is 33.3. The minimum Gasteiger partial charge on any atom is -0.480 e. The van der Waals surface area contributed by atoms with E-state index in [2.05, 4.69) is 25.9 Å². The molecule has 0 aliphatic heterocycles. The molecule has 212 valence electrons. The largest absolute Gasteiger partial charge is 0.480 e. The third kappa shape index (κ3) is 15.1. The van der Waals surface area contributed by atoms with Gasteiger partial charge in [0.2, 0.25) is 17.7 Å². The number of aliphatic hydroxyl groups is 1. The maximum absolute atomic E-state index is 13.1. The van der Waals surface area contributed by atoms with Gasteiger partial charge >= 0.3 is 5.97 Å². The number of amides is 3. The quantitative estimate of drug-likeness (QED) is 0.0462. The van der Waals surface area contributed by atoms with Crippen molar-refractivity contribution in [3.05, 3.63) is 0 Å². The summed E-state index contributed by atoms with van der Waals surface area (Å²) in [5, 5.41) is 25.7. The van der Waals surface area contributed by atoms with Crippen LogP contribution in [0, 0.1) is 5.92 Å². The zero-order valence-electron chi connectivity index (χ0n) is 21.4. The Morgan fingerprint density at radius 1 is 0.757 bits per heavy atom. The number of aliphatic hydroxyl groups excluding tert-OH is 1. The van der Waals surface area contributed by atoms with Crippen LogP contribution in [0.25, 0.3) is 0 Å². The number of carboxylic acid groups (broad SMARTS) is 1. The lowest BCUT2D eigenvalue weighted by Crippen LogP contribution is -2.57. The summed E-state index contributed by atoms with van der Waals surface area (Å²) in [6, 6.07) is -4.68. The highest BCUT2D eigenvalue weighted by Gasteiger charge is 2.30. The van der Waals surface area contributed by atoms with Gasteiger partial charge in [-0.1, -0.05) is 13.8 Å². The van der Waals surface area contributed by atoms with Gasteiger partial charge in [0.15, 0.2) is 11.9 Å². The van der Waals surface area contributed by atoms with Gasteiger partial charge in [0.05, 0.1) is 12.6 Å². The first-order valence-electron chi connectivity index (χ1n) is 11.9. The molecule has 4 atom stereocenters. The zero-order valence-corrected chi connectivity index (χ0v) is 21.4. The molecular weight excluding hydrogens is 488 g/mol. The number of nitrogens with one attached hydrogen (secondary N) is 3. The predicted molar refractivity (Wildman–Crippen MR) is 138 cm³/mol. The van der Waals surface area contributed by atoms with E-state index in [9.17, 15) is 24.3 Å². The number of carbonyl (C=O) groups excluding carboxylic acids is 3. The highest BCUT2D eigenvalue weighted by atomic mass is 16.4. The van der Waals surface area contributed by atoms with Crippen LogP contribution in [-0.2, 0) is 19.2 Å². The molecule has 0 aliphatic rings. The number of hydrogen-bond donors (Lipinski definition) is 10. The van der Waals surface area contributed by atoms with E-state index in [-0.39, 0.29) is 50.1 Å². The molecule has 0 aromatic heterocycles. The number of carboxylic acids is 1. The minimum atomic E-state index is -1.56. The van der Waals surface area contributed by atoms with Crippen molar-refractivity contribution >= 4 is 35.6 Å². The molecule has 0 bridgehead atoms. The van der Waals surface area contributed by atoms with Gasteiger partial charge in [0, 0.05) is 13.1 Å². The summed E-state index contributed by atoms with van der Waals surface area (Å²) in [5.41, 5.74) is 27.0. The number of rotatable bonds is 18. The Bertz CT molecular complexity index is 812. The Labute approximate surface area is 215 Å². The lowest BCUT2D eigenvalue weighted by Gasteiger charge is -2.26. The topological polar surface area (TPSA) is 300 Å². The fourth-order valence-corrected chi connectivity index (χ4v) is 3.13. The van der Waals surface area contributed by atoms with Crippen LogP contribution in [0.3, 0.4) is 0 Å². The zero-order chi connectivity index (χ0) is 28.5. The van der Waals surface area contributed by atoms with E-state index < -0.39 is 54.5 Å². The van der Waals surface area contributed by atoms with Crippen LogP contribution in [0.2, 0.25) is 0 Å². The van der Waals surface area contributed by atoms with E-state index in [0.29, 0.717) is 13.0 Å². The third-order valence-corrected chi connectivity index (χ3v) is 5.02. The van der Waals surface area contributed by atoms with Gasteiger partial charge in [-0.3, -0.25) is 24.4 Å². The molecule has 0 rings (SSSR count). The molecule has 16 nitrogen and oxygen atoms in total. The number of hydrogen-bond acceptors (Lipinski definition) is 8. The molecule has 0 spiro atoms. The lowest BCUT2D eigenvalue weighted by molar-refractivity contribution is -0.143. The molecule has 0 aliphatic carbocycles. The van der Waals surface area contributed by atoms with Crippen LogP contribution in [0.1, 0.15) is 46.0 Å². The van der Waals surface area contributed by atoms with Crippen LogP contribution in [0.5, 0.6) is 0 Å². The molecule has 0 saturated carbocycles. The predicted octanol–water partition coefficient (Wildman–Crippen LogP) is -4.00. The molecule has 3 amide bonds. The van der Waals surface area contributed by atoms with Crippen molar-refractivity contribution in [2.45, 2.75) is 70.1 Å². The summed E-state index contributed by atoms with van der Waals surface area (Å²) >= 11 is 0. The summed E-state index contributed by atoms with van der Waals surface area (Å²) in [4.78, 5) is 57.3. The molecular formula is C21H42N10O6. The summed E-state index contributed by atoms with van der Waals surface area (Å²) in [7, 11) is 0. The van der Waals surface area contributed by atoms with E-state index in [1.54, 1.807) is 0 Å². The van der Waals surface area contributed by atoms with Crippen LogP contribution in [-0.4, -0.2) is 89.7 Å². The minimum absolute atomic E-state index is 0.00550. The number of aliphatic imine (C=N–C) groups is 2. The van der Waals surface area contributed by atoms with Crippen molar-refractivity contribution < 1.29 is 29.4 Å². The Balaban J connectivity index is 5.45. The second-order valence-electron chi connectivity index (χ2n) is 8.84. The van der Waals surface area contributed by atoms with Crippen LogP contribution >= 0.6 is 0 Å². The van der Waals surface area contributed by atoms with Gasteiger partial charge in [0.25, 0.3) is 0 Å². The second-order valence-corrected chi connectivity index (χ2v) is 8.84. The lowest BCUT2D eigenvalue weighted by atomic mass is 10.0. The van der Waals surface area contributed by atoms with Gasteiger partial charge in [-0.15, -0.1) is 0 Å². The first-order valence-corrected chi connectivity index (χ1v) is 11.9. The highest BCUT2D eigenvalue weighted by molar-refractivity contribution is 5.94. The Morgan fingerprint density at radius 3 is 1.68 bits per heavy atom. The number of nitrogens with zero attached hydrogens (tertiary/aromatic N) is 2. The van der Waals surface area contributed by atoms with Crippen molar-refractivity contribution in [1.82, 2.24) is 16.0 Å². The molecule has 0 aromatic rings. The maximum atomic E-state index is 13.1. The Kier molecular flexibility index (Phi) is 16.0. The van der Waals surface area contributed by atoms with Crippen molar-refractivity contribution in [2.24, 2.45) is 44.6 Å². The highest BCUT2D eigenvalue weighted by Crippen LogP contribution is 2.08. The molecule has 37 heavy (non-hydrogen) atoms. The van der Waals surface area contributed by atoms with Crippen LogP contribution < -0.4 is 44.6 Å². The van der Waals surface area contributed by atoms with Gasteiger partial charge in [-0.05, 0) is 38.0 Å². The second kappa shape index (κ2) is 17.7. The van der Waals surface area contributed by atoms with E-state index in [1.165, 1.54) is 0 Å². The fraction of sp³-hybridized carbons (Fsp3) is 0.714. The average molecular weight is 531 g/mol.